The molecule has 0 spiro atoms. The molecule has 1 aliphatic heterocycles. The number of aryl methyl sites for hydroxylation is 1. The Morgan fingerprint density at radius 1 is 1.21 bits per heavy atom. The highest BCUT2D eigenvalue weighted by atomic mass is 32.2. The van der Waals surface area contributed by atoms with E-state index in [-0.39, 0.29) is 12.0 Å². The zero-order valence-corrected chi connectivity index (χ0v) is 14.5. The largest absolute Gasteiger partial charge is 0.364 e. The number of carbonyl (C=O) groups is 1. The minimum atomic E-state index is -0.392. The van der Waals surface area contributed by atoms with Gasteiger partial charge in [0.25, 0.3) is 5.91 Å². The van der Waals surface area contributed by atoms with Crippen LogP contribution < -0.4 is 11.1 Å². The summed E-state index contributed by atoms with van der Waals surface area (Å²) in [5.41, 5.74) is 7.46. The number of hydrogen-bond acceptors (Lipinski definition) is 4. The van der Waals surface area contributed by atoms with E-state index in [9.17, 15) is 4.79 Å². The number of rotatable bonds is 5. The molecule has 2 aromatic rings. The van der Waals surface area contributed by atoms with Crippen LogP contribution in [0.25, 0.3) is 0 Å². The fraction of sp³-hybridized carbons (Fsp3) is 0.316. The molecule has 0 bridgehead atoms. The van der Waals surface area contributed by atoms with E-state index in [0.29, 0.717) is 6.54 Å². The van der Waals surface area contributed by atoms with Gasteiger partial charge in [-0.05, 0) is 55.7 Å². The maximum Gasteiger partial charge on any atom is 0.253 e. The van der Waals surface area contributed by atoms with E-state index < -0.39 is 6.10 Å². The molecular weight excluding hydrogens is 320 g/mol. The van der Waals surface area contributed by atoms with Gasteiger partial charge in [-0.15, -0.1) is 0 Å². The lowest BCUT2D eigenvalue weighted by Gasteiger charge is -2.14. The number of hydrogen-bond donors (Lipinski definition) is 2. The maximum absolute atomic E-state index is 12.3. The molecule has 1 fully saturated rings. The topological polar surface area (TPSA) is 64.4 Å². The molecule has 1 saturated heterocycles. The minimum Gasteiger partial charge on any atom is -0.364 e. The van der Waals surface area contributed by atoms with Gasteiger partial charge in [-0.3, -0.25) is 4.79 Å². The Morgan fingerprint density at radius 2 is 2.00 bits per heavy atom. The van der Waals surface area contributed by atoms with Crippen molar-refractivity contribution in [3.8, 4) is 0 Å². The van der Waals surface area contributed by atoms with Crippen molar-refractivity contribution in [2.24, 2.45) is 5.73 Å². The molecule has 126 valence electrons. The van der Waals surface area contributed by atoms with Crippen LogP contribution >= 0.6 is 11.8 Å². The van der Waals surface area contributed by atoms with Crippen LogP contribution in [-0.2, 0) is 9.53 Å². The zero-order chi connectivity index (χ0) is 16.9. The minimum absolute atomic E-state index is 0.00601. The summed E-state index contributed by atoms with van der Waals surface area (Å²) >= 11 is 1.71. The second-order valence-electron chi connectivity index (χ2n) is 5.94. The van der Waals surface area contributed by atoms with Crippen molar-refractivity contribution in [1.29, 1.82) is 0 Å². The number of amides is 1. The maximum atomic E-state index is 12.3. The summed E-state index contributed by atoms with van der Waals surface area (Å²) in [5.74, 6) is -0.0856. The van der Waals surface area contributed by atoms with Gasteiger partial charge in [-0.1, -0.05) is 30.0 Å². The fourth-order valence-electron chi connectivity index (χ4n) is 2.75. The Balaban J connectivity index is 1.63. The van der Waals surface area contributed by atoms with Gasteiger partial charge in [0.05, 0.1) is 6.10 Å². The summed E-state index contributed by atoms with van der Waals surface area (Å²) in [5, 5.41) is 2.97. The van der Waals surface area contributed by atoms with Crippen molar-refractivity contribution in [3.63, 3.8) is 0 Å². The van der Waals surface area contributed by atoms with Crippen LogP contribution in [-0.4, -0.2) is 24.7 Å². The third-order valence-electron chi connectivity index (χ3n) is 4.10. The van der Waals surface area contributed by atoms with Crippen LogP contribution in [0.1, 0.15) is 18.4 Å². The average Bonchev–Trinajstić information content (AvgIpc) is 3.07. The fourth-order valence-corrected chi connectivity index (χ4v) is 3.69. The summed E-state index contributed by atoms with van der Waals surface area (Å²) in [4.78, 5) is 14.7. The van der Waals surface area contributed by atoms with Gasteiger partial charge in [-0.2, -0.15) is 0 Å². The van der Waals surface area contributed by atoms with E-state index in [1.54, 1.807) is 11.8 Å². The van der Waals surface area contributed by atoms with Crippen molar-refractivity contribution in [2.75, 3.05) is 11.9 Å². The van der Waals surface area contributed by atoms with Gasteiger partial charge in [-0.25, -0.2) is 0 Å². The first kappa shape index (κ1) is 17.0. The molecule has 0 unspecified atom stereocenters. The number of nitrogens with two attached hydrogens (primary N) is 1. The molecule has 5 heteroatoms. The highest BCUT2D eigenvalue weighted by molar-refractivity contribution is 7.99. The number of nitrogens with one attached hydrogen (secondary N) is 1. The lowest BCUT2D eigenvalue weighted by molar-refractivity contribution is -0.126. The predicted octanol–water partition coefficient (Wildman–Crippen LogP) is 3.59. The number of anilines is 1. The van der Waals surface area contributed by atoms with Crippen molar-refractivity contribution in [3.05, 3.63) is 54.1 Å². The molecular formula is C19H22N2O2S. The first-order valence-electron chi connectivity index (χ1n) is 8.15. The monoisotopic (exact) mass is 342 g/mol. The van der Waals surface area contributed by atoms with Crippen LogP contribution in [0.15, 0.2) is 58.3 Å². The Morgan fingerprint density at radius 3 is 2.67 bits per heavy atom. The van der Waals surface area contributed by atoms with Crippen molar-refractivity contribution < 1.29 is 9.53 Å². The van der Waals surface area contributed by atoms with Gasteiger partial charge >= 0.3 is 0 Å². The summed E-state index contributed by atoms with van der Waals surface area (Å²) in [7, 11) is 0. The van der Waals surface area contributed by atoms with Crippen molar-refractivity contribution in [1.82, 2.24) is 0 Å². The normalized spacial score (nSPS) is 20.1. The first-order valence-corrected chi connectivity index (χ1v) is 8.97. The molecule has 0 radical (unpaired) electrons. The summed E-state index contributed by atoms with van der Waals surface area (Å²) < 4.78 is 5.65. The Kier molecular flexibility index (Phi) is 5.56. The summed E-state index contributed by atoms with van der Waals surface area (Å²) in [6.45, 7) is 2.47. The number of benzene rings is 2. The van der Waals surface area contributed by atoms with E-state index in [0.717, 1.165) is 29.0 Å². The Hall–Kier alpha value is -1.82. The van der Waals surface area contributed by atoms with Gasteiger partial charge < -0.3 is 15.8 Å². The quantitative estimate of drug-likeness (QED) is 0.871. The molecule has 0 aliphatic carbocycles. The molecule has 4 nitrogen and oxygen atoms in total. The highest BCUT2D eigenvalue weighted by Gasteiger charge is 2.29. The van der Waals surface area contributed by atoms with Crippen molar-refractivity contribution in [2.45, 2.75) is 41.8 Å². The molecule has 1 amide bonds. The summed E-state index contributed by atoms with van der Waals surface area (Å²) in [6, 6.07) is 16.3. The van der Waals surface area contributed by atoms with E-state index in [1.165, 1.54) is 4.90 Å². The first-order chi connectivity index (χ1) is 11.7. The molecule has 1 aliphatic rings. The molecule has 2 aromatic carbocycles. The molecule has 0 saturated carbocycles. The van der Waals surface area contributed by atoms with Gasteiger partial charge in [0, 0.05) is 22.0 Å². The molecule has 1 heterocycles. The molecule has 0 aromatic heterocycles. The van der Waals surface area contributed by atoms with Crippen molar-refractivity contribution >= 4 is 23.4 Å². The third kappa shape index (κ3) is 4.17. The van der Waals surface area contributed by atoms with Crippen LogP contribution in [0.2, 0.25) is 0 Å². The molecule has 3 rings (SSSR count). The standard InChI is InChI=1S/C19H22N2O2S/c1-13-11-16(24-15-5-3-2-4-6-15)8-9-17(13)21-19(22)18-10-7-14(12-20)23-18/h2-6,8-9,11,14,18H,7,10,12,20H2,1H3,(H,21,22)/t14-,18+/m1/s1. The summed E-state index contributed by atoms with van der Waals surface area (Å²) in [6.07, 6.45) is 1.19. The lowest BCUT2D eigenvalue weighted by Crippen LogP contribution is -2.30. The second kappa shape index (κ2) is 7.83. The van der Waals surface area contributed by atoms with E-state index in [1.807, 2.05) is 37.3 Å². The molecule has 2 atom stereocenters. The highest BCUT2D eigenvalue weighted by Crippen LogP contribution is 2.30. The number of carbonyl (C=O) groups excluding carboxylic acids is 1. The van der Waals surface area contributed by atoms with Gasteiger partial charge in [0.2, 0.25) is 0 Å². The van der Waals surface area contributed by atoms with E-state index >= 15 is 0 Å². The smallest absolute Gasteiger partial charge is 0.253 e. The zero-order valence-electron chi connectivity index (χ0n) is 13.7. The Bertz CT molecular complexity index is 706. The SMILES string of the molecule is Cc1cc(Sc2ccccc2)ccc1NC(=O)[C@@H]1CC[C@H](CN)O1. The second-order valence-corrected chi connectivity index (χ2v) is 7.09. The van der Waals surface area contributed by atoms with E-state index in [4.69, 9.17) is 10.5 Å². The Labute approximate surface area is 146 Å². The van der Waals surface area contributed by atoms with Gasteiger partial charge in [0.15, 0.2) is 0 Å². The molecule has 24 heavy (non-hydrogen) atoms. The van der Waals surface area contributed by atoms with E-state index in [2.05, 4.69) is 23.5 Å². The van der Waals surface area contributed by atoms with Crippen LogP contribution in [0.4, 0.5) is 5.69 Å². The lowest BCUT2D eigenvalue weighted by atomic mass is 10.1. The van der Waals surface area contributed by atoms with Crippen LogP contribution in [0.5, 0.6) is 0 Å². The van der Waals surface area contributed by atoms with Crippen LogP contribution in [0.3, 0.4) is 0 Å². The number of ether oxygens (including phenoxy) is 1. The predicted molar refractivity (Wildman–Crippen MR) is 97.3 cm³/mol. The van der Waals surface area contributed by atoms with Gasteiger partial charge in [0.1, 0.15) is 6.10 Å². The third-order valence-corrected chi connectivity index (χ3v) is 5.10. The average molecular weight is 342 g/mol. The molecule has 3 N–H and O–H groups in total. The van der Waals surface area contributed by atoms with Crippen LogP contribution in [0, 0.1) is 6.92 Å².